The number of benzene rings is 2. The lowest BCUT2D eigenvalue weighted by atomic mass is 9.91. The minimum absolute atomic E-state index is 0. The number of rotatable bonds is 5. The van der Waals surface area contributed by atoms with Gasteiger partial charge in [-0.3, -0.25) is 4.79 Å². The highest BCUT2D eigenvalue weighted by Crippen LogP contribution is 2.37. The van der Waals surface area contributed by atoms with E-state index in [9.17, 15) is 4.79 Å². The minimum Gasteiger partial charge on any atom is -0.343 e. The van der Waals surface area contributed by atoms with Gasteiger partial charge in [-0.15, -0.1) is 12.4 Å². The molecule has 2 aromatic carbocycles. The van der Waals surface area contributed by atoms with Crippen LogP contribution >= 0.6 is 12.4 Å². The lowest BCUT2D eigenvalue weighted by Crippen LogP contribution is -2.42. The van der Waals surface area contributed by atoms with Crippen molar-refractivity contribution in [3.63, 3.8) is 0 Å². The summed E-state index contributed by atoms with van der Waals surface area (Å²) < 4.78 is 0. The average molecular weight is 399 g/mol. The molecule has 0 spiro atoms. The van der Waals surface area contributed by atoms with E-state index in [-0.39, 0.29) is 18.4 Å². The molecule has 1 aliphatic heterocycles. The number of carbonyl (C=O) groups excluding carboxylic acids is 1. The molecular weight excluding hydrogens is 368 g/mol. The Morgan fingerprint density at radius 1 is 1.11 bits per heavy atom. The maximum atomic E-state index is 12.5. The minimum atomic E-state index is 0. The van der Waals surface area contributed by atoms with Crippen LogP contribution in [0.5, 0.6) is 0 Å². The van der Waals surface area contributed by atoms with Crippen molar-refractivity contribution in [1.29, 1.82) is 0 Å². The Morgan fingerprint density at radius 2 is 1.82 bits per heavy atom. The number of nitrogens with zero attached hydrogens (tertiary/aromatic N) is 1. The Hall–Kier alpha value is -1.84. The molecule has 2 aromatic rings. The van der Waals surface area contributed by atoms with Gasteiger partial charge in [0.15, 0.2) is 0 Å². The Bertz CT molecular complexity index is 825. The van der Waals surface area contributed by atoms with Crippen LogP contribution in [-0.4, -0.2) is 29.9 Å². The van der Waals surface area contributed by atoms with E-state index in [1.54, 1.807) is 0 Å². The van der Waals surface area contributed by atoms with Crippen molar-refractivity contribution < 1.29 is 4.79 Å². The first-order chi connectivity index (χ1) is 13.1. The number of nitrogens with two attached hydrogens (primary N) is 1. The smallest absolute Gasteiger partial charge is 0.222 e. The summed E-state index contributed by atoms with van der Waals surface area (Å²) in [6.45, 7) is 3.83. The Kier molecular flexibility index (Phi) is 6.79. The van der Waals surface area contributed by atoms with Gasteiger partial charge >= 0.3 is 0 Å². The van der Waals surface area contributed by atoms with Crippen molar-refractivity contribution in [1.82, 2.24) is 4.90 Å². The fourth-order valence-corrected chi connectivity index (χ4v) is 4.60. The summed E-state index contributed by atoms with van der Waals surface area (Å²) >= 11 is 0. The maximum Gasteiger partial charge on any atom is 0.222 e. The van der Waals surface area contributed by atoms with Crippen LogP contribution in [0.4, 0.5) is 0 Å². The van der Waals surface area contributed by atoms with E-state index in [0.717, 1.165) is 45.2 Å². The second kappa shape index (κ2) is 9.11. The van der Waals surface area contributed by atoms with E-state index in [1.165, 1.54) is 27.8 Å². The molecule has 3 nitrogen and oxygen atoms in total. The summed E-state index contributed by atoms with van der Waals surface area (Å²) in [5.74, 6) is 0.882. The van der Waals surface area contributed by atoms with Gasteiger partial charge in [-0.2, -0.15) is 0 Å². The quantitative estimate of drug-likeness (QED) is 0.683. The fraction of sp³-hybridized carbons (Fsp3) is 0.458. The molecule has 1 aliphatic carbocycles. The van der Waals surface area contributed by atoms with Crippen molar-refractivity contribution in [3.05, 3.63) is 59.2 Å². The number of fused-ring (bicyclic) bond motifs is 3. The first kappa shape index (κ1) is 20.9. The van der Waals surface area contributed by atoms with Crippen LogP contribution in [0.3, 0.4) is 0 Å². The number of aryl methyl sites for hydroxylation is 1. The highest BCUT2D eigenvalue weighted by molar-refractivity contribution is 5.85. The molecule has 4 rings (SSSR count). The standard InChI is InChI=1S/C24H30N2O.ClH/c1-17(25)19-11-13-26(14-12-19)24(27)8-4-5-18-9-10-21-16-20-6-2-3-7-22(20)23(21)15-18;/h2-3,6-7,9-10,15,17,19H,4-5,8,11-14,16,25H2,1H3;1H. The van der Waals surface area contributed by atoms with E-state index >= 15 is 0 Å². The van der Waals surface area contributed by atoms with Crippen LogP contribution in [0, 0.1) is 5.92 Å². The third-order valence-corrected chi connectivity index (χ3v) is 6.35. The monoisotopic (exact) mass is 398 g/mol. The molecule has 0 bridgehead atoms. The number of hydrogen-bond acceptors (Lipinski definition) is 2. The Morgan fingerprint density at radius 3 is 2.57 bits per heavy atom. The third-order valence-electron chi connectivity index (χ3n) is 6.35. The van der Waals surface area contributed by atoms with Crippen molar-refractivity contribution >= 4 is 18.3 Å². The number of likely N-dealkylation sites (tertiary alicyclic amines) is 1. The van der Waals surface area contributed by atoms with E-state index in [2.05, 4.69) is 49.4 Å². The first-order valence-corrected chi connectivity index (χ1v) is 10.4. The molecular formula is C24H31ClN2O. The number of carbonyl (C=O) groups is 1. The van der Waals surface area contributed by atoms with Gasteiger partial charge in [0.1, 0.15) is 0 Å². The molecule has 150 valence electrons. The van der Waals surface area contributed by atoms with Gasteiger partial charge in [-0.1, -0.05) is 42.5 Å². The molecule has 1 fully saturated rings. The average Bonchev–Trinajstić information content (AvgIpc) is 3.06. The zero-order valence-corrected chi connectivity index (χ0v) is 17.5. The van der Waals surface area contributed by atoms with E-state index in [4.69, 9.17) is 5.73 Å². The second-order valence-electron chi connectivity index (χ2n) is 8.26. The molecule has 2 aliphatic rings. The van der Waals surface area contributed by atoms with Gasteiger partial charge in [0, 0.05) is 25.6 Å². The van der Waals surface area contributed by atoms with Crippen LogP contribution in [0.2, 0.25) is 0 Å². The van der Waals surface area contributed by atoms with Crippen LogP contribution < -0.4 is 5.73 Å². The second-order valence-corrected chi connectivity index (χ2v) is 8.26. The maximum absolute atomic E-state index is 12.5. The molecule has 28 heavy (non-hydrogen) atoms. The summed E-state index contributed by atoms with van der Waals surface area (Å²) in [4.78, 5) is 14.5. The molecule has 1 amide bonds. The zero-order valence-electron chi connectivity index (χ0n) is 16.7. The molecule has 1 saturated heterocycles. The van der Waals surface area contributed by atoms with Crippen LogP contribution in [0.25, 0.3) is 11.1 Å². The molecule has 4 heteroatoms. The topological polar surface area (TPSA) is 46.3 Å². The van der Waals surface area contributed by atoms with Crippen molar-refractivity contribution in [3.8, 4) is 11.1 Å². The zero-order chi connectivity index (χ0) is 18.8. The van der Waals surface area contributed by atoms with Crippen LogP contribution in [0.1, 0.15) is 49.3 Å². The summed E-state index contributed by atoms with van der Waals surface area (Å²) in [5.41, 5.74) is 12.9. The van der Waals surface area contributed by atoms with E-state index in [0.29, 0.717) is 18.2 Å². The van der Waals surface area contributed by atoms with Gasteiger partial charge < -0.3 is 10.6 Å². The number of piperidine rings is 1. The summed E-state index contributed by atoms with van der Waals surface area (Å²) in [6, 6.07) is 15.8. The SMILES string of the molecule is CC(N)C1CCN(C(=O)CCCc2ccc3c(c2)-c2ccccc2C3)CC1.Cl. The van der Waals surface area contributed by atoms with Crippen LogP contribution in [-0.2, 0) is 17.6 Å². The number of amides is 1. The fourth-order valence-electron chi connectivity index (χ4n) is 4.60. The first-order valence-electron chi connectivity index (χ1n) is 10.4. The highest BCUT2D eigenvalue weighted by atomic mass is 35.5. The van der Waals surface area contributed by atoms with Gasteiger partial charge in [-0.25, -0.2) is 0 Å². The van der Waals surface area contributed by atoms with Crippen LogP contribution in [0.15, 0.2) is 42.5 Å². The molecule has 2 N–H and O–H groups in total. The van der Waals surface area contributed by atoms with Crippen molar-refractivity contribution in [2.24, 2.45) is 11.7 Å². The predicted molar refractivity (Wildman–Crippen MR) is 118 cm³/mol. The van der Waals surface area contributed by atoms with E-state index in [1.807, 2.05) is 4.90 Å². The molecule has 1 atom stereocenters. The lowest BCUT2D eigenvalue weighted by molar-refractivity contribution is -0.132. The predicted octanol–water partition coefficient (Wildman–Crippen LogP) is 4.59. The molecule has 1 unspecified atom stereocenters. The summed E-state index contributed by atoms with van der Waals surface area (Å²) in [7, 11) is 0. The largest absolute Gasteiger partial charge is 0.343 e. The van der Waals surface area contributed by atoms with E-state index < -0.39 is 0 Å². The Balaban J connectivity index is 0.00000225. The highest BCUT2D eigenvalue weighted by Gasteiger charge is 2.24. The van der Waals surface area contributed by atoms with Crippen molar-refractivity contribution in [2.45, 2.75) is 51.5 Å². The molecule has 1 heterocycles. The number of halogens is 1. The summed E-state index contributed by atoms with van der Waals surface area (Å²) in [5, 5.41) is 0. The Labute approximate surface area is 174 Å². The normalized spacial score (nSPS) is 16.9. The van der Waals surface area contributed by atoms with Gasteiger partial charge in [0.2, 0.25) is 5.91 Å². The van der Waals surface area contributed by atoms with Gasteiger partial charge in [-0.05, 0) is 72.8 Å². The molecule has 0 aromatic heterocycles. The summed E-state index contributed by atoms with van der Waals surface area (Å²) in [6.07, 6.45) is 5.68. The third kappa shape index (κ3) is 4.42. The molecule has 0 radical (unpaired) electrons. The number of hydrogen-bond donors (Lipinski definition) is 1. The van der Waals surface area contributed by atoms with Gasteiger partial charge in [0.25, 0.3) is 0 Å². The molecule has 0 saturated carbocycles. The van der Waals surface area contributed by atoms with Crippen molar-refractivity contribution in [2.75, 3.05) is 13.1 Å². The lowest BCUT2D eigenvalue weighted by Gasteiger charge is -2.33. The van der Waals surface area contributed by atoms with Gasteiger partial charge in [0.05, 0.1) is 0 Å².